The lowest BCUT2D eigenvalue weighted by atomic mass is 9.84. The molecule has 0 amide bonds. The molecule has 1 aliphatic carbocycles. The molecule has 0 spiro atoms. The maximum Gasteiger partial charge on any atom is 0.0922 e. The van der Waals surface area contributed by atoms with E-state index < -0.39 is 0 Å². The molecule has 3 rings (SSSR count). The fourth-order valence-corrected chi connectivity index (χ4v) is 3.16. The van der Waals surface area contributed by atoms with E-state index in [1.54, 1.807) is 6.20 Å². The van der Waals surface area contributed by atoms with Crippen molar-refractivity contribution in [2.45, 2.75) is 38.1 Å². The van der Waals surface area contributed by atoms with Crippen molar-refractivity contribution in [2.75, 3.05) is 0 Å². The van der Waals surface area contributed by atoms with Gasteiger partial charge in [-0.05, 0) is 43.7 Å². The molecule has 0 bridgehead atoms. The molecule has 0 aliphatic heterocycles. The quantitative estimate of drug-likeness (QED) is 0.823. The maximum absolute atomic E-state index is 8.78. The Bertz CT molecular complexity index is 782. The van der Waals surface area contributed by atoms with Crippen molar-refractivity contribution in [1.82, 2.24) is 15.3 Å². The minimum atomic E-state index is 0.406. The van der Waals surface area contributed by atoms with Crippen LogP contribution in [-0.2, 0) is 0 Å². The maximum atomic E-state index is 8.78. The first kappa shape index (κ1) is 16.1. The normalized spacial score (nSPS) is 21.2. The predicted octanol–water partition coefficient (Wildman–Crippen LogP) is 3.68. The number of fused-ring (bicyclic) bond motifs is 1. The highest BCUT2D eigenvalue weighted by molar-refractivity contribution is 6.07. The van der Waals surface area contributed by atoms with Gasteiger partial charge in [-0.3, -0.25) is 4.98 Å². The number of nitriles is 1. The zero-order chi connectivity index (χ0) is 16.8. The topological polar surface area (TPSA) is 85.5 Å². The van der Waals surface area contributed by atoms with Crippen LogP contribution in [0.3, 0.4) is 0 Å². The predicted molar refractivity (Wildman–Crippen MR) is 95.4 cm³/mol. The Morgan fingerprint density at radius 3 is 2.71 bits per heavy atom. The number of rotatable bonds is 5. The van der Waals surface area contributed by atoms with Crippen LogP contribution in [0.4, 0.5) is 0 Å². The molecular formula is C19H21N5. The average Bonchev–Trinajstić information content (AvgIpc) is 2.64. The smallest absolute Gasteiger partial charge is 0.0922 e. The van der Waals surface area contributed by atoms with Crippen LogP contribution < -0.4 is 5.32 Å². The van der Waals surface area contributed by atoms with Crippen LogP contribution in [0.1, 0.15) is 37.8 Å². The Morgan fingerprint density at radius 1 is 1.25 bits per heavy atom. The summed E-state index contributed by atoms with van der Waals surface area (Å²) in [5, 5.41) is 19.9. The summed E-state index contributed by atoms with van der Waals surface area (Å²) in [6, 6.07) is 10.4. The number of nitrogens with zero attached hydrogens (tertiary/aromatic N) is 3. The Kier molecular flexibility index (Phi) is 5.17. The van der Waals surface area contributed by atoms with Crippen LogP contribution in [0.5, 0.6) is 0 Å². The number of para-hydroxylation sites is 2. The Labute approximate surface area is 141 Å². The zero-order valence-electron chi connectivity index (χ0n) is 13.6. The van der Waals surface area contributed by atoms with Gasteiger partial charge in [-0.25, -0.2) is 4.98 Å². The van der Waals surface area contributed by atoms with Gasteiger partial charge in [0.15, 0.2) is 0 Å². The third-order valence-corrected chi connectivity index (χ3v) is 4.60. The van der Waals surface area contributed by atoms with Crippen molar-refractivity contribution < 1.29 is 0 Å². The van der Waals surface area contributed by atoms with Gasteiger partial charge in [0, 0.05) is 30.5 Å². The van der Waals surface area contributed by atoms with Gasteiger partial charge < -0.3 is 10.7 Å². The second kappa shape index (κ2) is 7.69. The van der Waals surface area contributed by atoms with Gasteiger partial charge in [-0.15, -0.1) is 0 Å². The highest BCUT2D eigenvalue weighted by Gasteiger charge is 2.20. The molecular weight excluding hydrogens is 298 g/mol. The first-order valence-electron chi connectivity index (χ1n) is 8.36. The highest BCUT2D eigenvalue weighted by Crippen LogP contribution is 2.26. The van der Waals surface area contributed by atoms with E-state index in [-0.39, 0.29) is 0 Å². The van der Waals surface area contributed by atoms with E-state index in [1.807, 2.05) is 30.5 Å². The minimum absolute atomic E-state index is 0.406. The molecule has 1 heterocycles. The number of nitrogens with one attached hydrogen (secondary N) is 2. The van der Waals surface area contributed by atoms with Gasteiger partial charge in [0.05, 0.1) is 29.0 Å². The van der Waals surface area contributed by atoms with Gasteiger partial charge in [0.2, 0.25) is 0 Å². The van der Waals surface area contributed by atoms with Gasteiger partial charge in [0.1, 0.15) is 0 Å². The number of hydrogen-bond donors (Lipinski definition) is 2. The van der Waals surface area contributed by atoms with E-state index in [4.69, 9.17) is 10.7 Å². The Morgan fingerprint density at radius 2 is 2.00 bits per heavy atom. The van der Waals surface area contributed by atoms with Crippen molar-refractivity contribution >= 4 is 22.8 Å². The summed E-state index contributed by atoms with van der Waals surface area (Å²) in [7, 11) is 0. The van der Waals surface area contributed by atoms with Gasteiger partial charge in [0.25, 0.3) is 0 Å². The first-order valence-corrected chi connectivity index (χ1v) is 8.36. The van der Waals surface area contributed by atoms with Crippen LogP contribution in [0.2, 0.25) is 0 Å². The zero-order valence-corrected chi connectivity index (χ0v) is 13.6. The molecule has 1 aliphatic rings. The summed E-state index contributed by atoms with van der Waals surface area (Å²) in [5.74, 6) is 0.547. The van der Waals surface area contributed by atoms with Crippen LogP contribution in [-0.4, -0.2) is 22.2 Å². The molecule has 1 fully saturated rings. The molecule has 5 heteroatoms. The summed E-state index contributed by atoms with van der Waals surface area (Å²) in [6.07, 6.45) is 9.89. The van der Waals surface area contributed by atoms with Crippen molar-refractivity contribution in [3.63, 3.8) is 0 Å². The van der Waals surface area contributed by atoms with Crippen molar-refractivity contribution in [3.05, 3.63) is 42.4 Å². The van der Waals surface area contributed by atoms with Crippen molar-refractivity contribution in [1.29, 1.82) is 10.7 Å². The summed E-state index contributed by atoms with van der Waals surface area (Å²) in [4.78, 5) is 9.00. The van der Waals surface area contributed by atoms with Gasteiger partial charge in [-0.1, -0.05) is 12.1 Å². The second-order valence-corrected chi connectivity index (χ2v) is 6.23. The third kappa shape index (κ3) is 3.77. The molecule has 2 N–H and O–H groups in total. The SMILES string of the molecule is N#CCC1CCC(N/C=C(\C=N)c2cnc3ccccc3n2)CC1. The summed E-state index contributed by atoms with van der Waals surface area (Å²) in [5.41, 5.74) is 3.12. The van der Waals surface area contributed by atoms with E-state index in [1.165, 1.54) is 6.21 Å². The van der Waals surface area contributed by atoms with Crippen LogP contribution in [0.15, 0.2) is 36.7 Å². The number of hydrogen-bond acceptors (Lipinski definition) is 5. The van der Waals surface area contributed by atoms with Gasteiger partial charge >= 0.3 is 0 Å². The lowest BCUT2D eigenvalue weighted by Gasteiger charge is -2.27. The summed E-state index contributed by atoms with van der Waals surface area (Å²) in [6.45, 7) is 0. The summed E-state index contributed by atoms with van der Waals surface area (Å²) >= 11 is 0. The number of allylic oxidation sites excluding steroid dienone is 1. The lowest BCUT2D eigenvalue weighted by Crippen LogP contribution is -2.29. The molecule has 0 radical (unpaired) electrons. The summed E-state index contributed by atoms with van der Waals surface area (Å²) < 4.78 is 0. The standard InChI is InChI=1S/C19H21N5/c20-10-9-14-5-7-16(8-6-14)22-12-15(11-21)19-13-23-17-3-1-2-4-18(17)24-19/h1-4,11-14,16,21-22H,5-9H2/b15-12+,21-11?. The van der Waals surface area contributed by atoms with E-state index in [2.05, 4.69) is 21.4 Å². The molecule has 122 valence electrons. The minimum Gasteiger partial charge on any atom is -0.388 e. The molecule has 2 aromatic rings. The van der Waals surface area contributed by atoms with Crippen molar-refractivity contribution in [3.8, 4) is 6.07 Å². The number of benzene rings is 1. The molecule has 1 aromatic heterocycles. The van der Waals surface area contributed by atoms with Crippen LogP contribution in [0.25, 0.3) is 16.6 Å². The molecule has 1 aromatic carbocycles. The fourth-order valence-electron chi connectivity index (χ4n) is 3.16. The first-order chi connectivity index (χ1) is 11.8. The van der Waals surface area contributed by atoms with Crippen LogP contribution in [0, 0.1) is 22.7 Å². The van der Waals surface area contributed by atoms with E-state index in [0.29, 0.717) is 24.1 Å². The van der Waals surface area contributed by atoms with E-state index in [9.17, 15) is 0 Å². The van der Waals surface area contributed by atoms with Crippen molar-refractivity contribution in [2.24, 2.45) is 5.92 Å². The Balaban J connectivity index is 1.68. The van der Waals surface area contributed by atoms with E-state index in [0.717, 1.165) is 42.3 Å². The molecule has 0 atom stereocenters. The van der Waals surface area contributed by atoms with E-state index >= 15 is 0 Å². The lowest BCUT2D eigenvalue weighted by molar-refractivity contribution is 0.311. The van der Waals surface area contributed by atoms with Crippen LogP contribution >= 0.6 is 0 Å². The Hall–Kier alpha value is -2.74. The highest BCUT2D eigenvalue weighted by atomic mass is 14.9. The second-order valence-electron chi connectivity index (χ2n) is 6.23. The third-order valence-electron chi connectivity index (χ3n) is 4.60. The molecule has 0 saturated heterocycles. The molecule has 1 saturated carbocycles. The molecule has 5 nitrogen and oxygen atoms in total. The molecule has 0 unspecified atom stereocenters. The van der Waals surface area contributed by atoms with Gasteiger partial charge in [-0.2, -0.15) is 5.26 Å². The largest absolute Gasteiger partial charge is 0.388 e. The molecule has 24 heavy (non-hydrogen) atoms. The number of aromatic nitrogens is 2. The monoisotopic (exact) mass is 319 g/mol. The average molecular weight is 319 g/mol. The fraction of sp³-hybridized carbons (Fsp3) is 0.368.